The Hall–Kier alpha value is -0.550. The van der Waals surface area contributed by atoms with E-state index in [0.717, 1.165) is 18.6 Å². The van der Waals surface area contributed by atoms with Gasteiger partial charge in [-0.2, -0.15) is 12.6 Å². The third-order valence-electron chi connectivity index (χ3n) is 3.80. The molecule has 0 spiro atoms. The van der Waals surface area contributed by atoms with Crippen LogP contribution < -0.4 is 0 Å². The van der Waals surface area contributed by atoms with E-state index in [9.17, 15) is 9.59 Å². The highest BCUT2D eigenvalue weighted by Crippen LogP contribution is 2.38. The van der Waals surface area contributed by atoms with Gasteiger partial charge in [-0.05, 0) is 24.0 Å². The minimum atomic E-state index is -0.201. The zero-order valence-electron chi connectivity index (χ0n) is 9.98. The summed E-state index contributed by atoms with van der Waals surface area (Å²) in [6, 6.07) is 0. The topological polar surface area (TPSA) is 46.6 Å². The number of hydrogen-bond acceptors (Lipinski definition) is 4. The fraction of sp³-hybridized carbons (Fsp3) is 0.833. The summed E-state index contributed by atoms with van der Waals surface area (Å²) in [7, 11) is 0. The van der Waals surface area contributed by atoms with Crippen LogP contribution in [0.25, 0.3) is 0 Å². The molecule has 1 aliphatic carbocycles. The number of carbonyl (C=O) groups excluding carboxylic acids is 2. The van der Waals surface area contributed by atoms with Crippen molar-refractivity contribution in [2.75, 3.05) is 25.5 Å². The lowest BCUT2D eigenvalue weighted by molar-refractivity contribution is -0.160. The molecule has 0 atom stereocenters. The minimum Gasteiger partial charge on any atom is -0.362 e. The summed E-state index contributed by atoms with van der Waals surface area (Å²) in [6.45, 7) is 0.598. The van der Waals surface area contributed by atoms with Gasteiger partial charge in [-0.15, -0.1) is 0 Å². The van der Waals surface area contributed by atoms with Gasteiger partial charge < -0.3 is 4.74 Å². The third kappa shape index (κ3) is 2.83. The summed E-state index contributed by atoms with van der Waals surface area (Å²) < 4.78 is 4.92. The maximum atomic E-state index is 11.7. The van der Waals surface area contributed by atoms with Gasteiger partial charge in [0, 0.05) is 6.54 Å². The molecule has 4 nitrogen and oxygen atoms in total. The lowest BCUT2D eigenvalue weighted by Gasteiger charge is -2.40. The van der Waals surface area contributed by atoms with Crippen molar-refractivity contribution in [3.63, 3.8) is 0 Å². The van der Waals surface area contributed by atoms with E-state index in [1.807, 2.05) is 0 Å². The first-order valence-corrected chi connectivity index (χ1v) is 6.82. The molecule has 1 aliphatic heterocycles. The van der Waals surface area contributed by atoms with Crippen molar-refractivity contribution >= 4 is 24.4 Å². The first kappa shape index (κ1) is 12.9. The molecule has 0 N–H and O–H groups in total. The van der Waals surface area contributed by atoms with Gasteiger partial charge in [0.1, 0.15) is 13.2 Å². The Bertz CT molecular complexity index is 297. The summed E-state index contributed by atoms with van der Waals surface area (Å²) in [6.07, 6.45) is 5.73. The second kappa shape index (κ2) is 5.40. The standard InChI is InChI=1S/C12H19NO3S/c14-10-6-16-7-11(15)13(10)8-12(9-17)4-2-1-3-5-12/h17H,1-9H2. The van der Waals surface area contributed by atoms with Crippen LogP contribution in [0.3, 0.4) is 0 Å². The number of nitrogens with zero attached hydrogens (tertiary/aromatic N) is 1. The quantitative estimate of drug-likeness (QED) is 0.611. The van der Waals surface area contributed by atoms with Gasteiger partial charge in [-0.1, -0.05) is 19.3 Å². The average molecular weight is 257 g/mol. The van der Waals surface area contributed by atoms with Crippen LogP contribution in [0.15, 0.2) is 0 Å². The van der Waals surface area contributed by atoms with Crippen LogP contribution in [0.4, 0.5) is 0 Å². The number of hydrogen-bond donors (Lipinski definition) is 1. The number of morpholine rings is 1. The van der Waals surface area contributed by atoms with Crippen molar-refractivity contribution in [2.24, 2.45) is 5.41 Å². The monoisotopic (exact) mass is 257 g/mol. The number of amides is 2. The predicted molar refractivity (Wildman–Crippen MR) is 66.9 cm³/mol. The van der Waals surface area contributed by atoms with E-state index in [1.165, 1.54) is 24.2 Å². The number of ether oxygens (including phenoxy) is 1. The molecule has 96 valence electrons. The molecule has 0 aromatic carbocycles. The first-order chi connectivity index (χ1) is 8.17. The smallest absolute Gasteiger partial charge is 0.255 e. The maximum Gasteiger partial charge on any atom is 0.255 e. The highest BCUT2D eigenvalue weighted by molar-refractivity contribution is 7.80. The molecule has 2 fully saturated rings. The summed E-state index contributed by atoms with van der Waals surface area (Å²) in [5.41, 5.74) is 0.0318. The minimum absolute atomic E-state index is 0.0318. The molecule has 1 saturated heterocycles. The van der Waals surface area contributed by atoms with Gasteiger partial charge in [0.05, 0.1) is 0 Å². The van der Waals surface area contributed by atoms with E-state index >= 15 is 0 Å². The molecular formula is C12H19NO3S. The second-order valence-corrected chi connectivity index (χ2v) is 5.40. The molecule has 5 heteroatoms. The van der Waals surface area contributed by atoms with Crippen molar-refractivity contribution in [2.45, 2.75) is 32.1 Å². The highest BCUT2D eigenvalue weighted by atomic mass is 32.1. The van der Waals surface area contributed by atoms with Crippen molar-refractivity contribution in [3.05, 3.63) is 0 Å². The van der Waals surface area contributed by atoms with E-state index in [1.54, 1.807) is 0 Å². The van der Waals surface area contributed by atoms with Crippen molar-refractivity contribution < 1.29 is 14.3 Å². The fourth-order valence-corrected chi connectivity index (χ4v) is 3.12. The molecule has 0 unspecified atom stereocenters. The predicted octanol–water partition coefficient (Wildman–Crippen LogP) is 1.25. The second-order valence-electron chi connectivity index (χ2n) is 5.09. The molecule has 2 amide bonds. The Morgan fingerprint density at radius 2 is 1.71 bits per heavy atom. The van der Waals surface area contributed by atoms with Gasteiger partial charge in [0.2, 0.25) is 0 Å². The van der Waals surface area contributed by atoms with Crippen LogP contribution in [-0.4, -0.2) is 42.2 Å². The van der Waals surface area contributed by atoms with Crippen molar-refractivity contribution in [1.29, 1.82) is 0 Å². The van der Waals surface area contributed by atoms with Gasteiger partial charge in [-0.25, -0.2) is 0 Å². The normalized spacial score (nSPS) is 25.1. The summed E-state index contributed by atoms with van der Waals surface area (Å²) in [4.78, 5) is 24.8. The SMILES string of the molecule is O=C1COCC(=O)N1CC1(CS)CCCCC1. The van der Waals surface area contributed by atoms with Crippen LogP contribution in [0, 0.1) is 5.41 Å². The Kier molecular flexibility index (Phi) is 4.09. The molecule has 0 aromatic heterocycles. The molecule has 2 rings (SSSR count). The van der Waals surface area contributed by atoms with Gasteiger partial charge in [0.15, 0.2) is 0 Å². The first-order valence-electron chi connectivity index (χ1n) is 6.19. The van der Waals surface area contributed by atoms with Crippen LogP contribution in [0.5, 0.6) is 0 Å². The van der Waals surface area contributed by atoms with Crippen molar-refractivity contribution in [3.8, 4) is 0 Å². The van der Waals surface area contributed by atoms with E-state index in [4.69, 9.17) is 4.74 Å². The van der Waals surface area contributed by atoms with E-state index in [0.29, 0.717) is 6.54 Å². The average Bonchev–Trinajstić information content (AvgIpc) is 2.35. The summed E-state index contributed by atoms with van der Waals surface area (Å²) >= 11 is 4.43. The summed E-state index contributed by atoms with van der Waals surface area (Å²) in [5.74, 6) is 0.339. The van der Waals surface area contributed by atoms with Crippen LogP contribution in [0.1, 0.15) is 32.1 Å². The van der Waals surface area contributed by atoms with Crippen LogP contribution in [0.2, 0.25) is 0 Å². The Morgan fingerprint density at radius 1 is 1.12 bits per heavy atom. The zero-order valence-corrected chi connectivity index (χ0v) is 10.9. The summed E-state index contributed by atoms with van der Waals surface area (Å²) in [5, 5.41) is 0. The molecule has 0 radical (unpaired) electrons. The molecular weight excluding hydrogens is 238 g/mol. The third-order valence-corrected chi connectivity index (χ3v) is 4.47. The van der Waals surface area contributed by atoms with Crippen LogP contribution >= 0.6 is 12.6 Å². The van der Waals surface area contributed by atoms with Crippen LogP contribution in [-0.2, 0) is 14.3 Å². The highest BCUT2D eigenvalue weighted by Gasteiger charge is 2.37. The molecule has 17 heavy (non-hydrogen) atoms. The van der Waals surface area contributed by atoms with Gasteiger partial charge in [-0.3, -0.25) is 14.5 Å². The molecule has 2 aliphatic rings. The van der Waals surface area contributed by atoms with Crippen molar-refractivity contribution in [1.82, 2.24) is 4.90 Å². The molecule has 0 aromatic rings. The number of thiol groups is 1. The van der Waals surface area contributed by atoms with Gasteiger partial charge >= 0.3 is 0 Å². The Morgan fingerprint density at radius 3 is 2.24 bits per heavy atom. The molecule has 1 saturated carbocycles. The zero-order chi connectivity index (χ0) is 12.3. The van der Waals surface area contributed by atoms with E-state index in [-0.39, 0.29) is 30.4 Å². The maximum absolute atomic E-state index is 11.7. The van der Waals surface area contributed by atoms with E-state index in [2.05, 4.69) is 12.6 Å². The number of rotatable bonds is 3. The van der Waals surface area contributed by atoms with Gasteiger partial charge in [0.25, 0.3) is 11.8 Å². The molecule has 1 heterocycles. The lowest BCUT2D eigenvalue weighted by Crippen LogP contribution is -2.51. The largest absolute Gasteiger partial charge is 0.362 e. The Labute approximate surface area is 107 Å². The van der Waals surface area contributed by atoms with E-state index < -0.39 is 0 Å². The lowest BCUT2D eigenvalue weighted by atomic mass is 9.75. The Balaban J connectivity index is 2.06. The number of carbonyl (C=O) groups is 2. The fourth-order valence-electron chi connectivity index (χ4n) is 2.70. The number of imide groups is 1. The molecule has 0 bridgehead atoms.